The summed E-state index contributed by atoms with van der Waals surface area (Å²) in [5.74, 6) is -0.649. The van der Waals surface area contributed by atoms with Crippen LogP contribution in [0.1, 0.15) is 70.6 Å². The number of halogens is 1. The van der Waals surface area contributed by atoms with Crippen LogP contribution in [0.2, 0.25) is 0 Å². The van der Waals surface area contributed by atoms with Gasteiger partial charge in [0.2, 0.25) is 0 Å². The van der Waals surface area contributed by atoms with Crippen LogP contribution in [-0.2, 0) is 6.42 Å². The largest absolute Gasteiger partial charge is 0.508 e. The third-order valence-electron chi connectivity index (χ3n) is 6.96. The first-order valence-electron chi connectivity index (χ1n) is 13.3. The molecule has 3 aromatic carbocycles. The Morgan fingerprint density at radius 2 is 1.98 bits per heavy atom. The van der Waals surface area contributed by atoms with E-state index in [1.807, 2.05) is 13.0 Å². The maximum Gasteiger partial charge on any atom is 0.254 e. The first-order valence-corrected chi connectivity index (χ1v) is 13.3. The van der Waals surface area contributed by atoms with Gasteiger partial charge >= 0.3 is 0 Å². The van der Waals surface area contributed by atoms with Crippen molar-refractivity contribution >= 4 is 16.9 Å². The quantitative estimate of drug-likeness (QED) is 0.264. The minimum Gasteiger partial charge on any atom is -0.508 e. The van der Waals surface area contributed by atoms with E-state index in [1.54, 1.807) is 42.2 Å². The number of nitriles is 1. The lowest BCUT2D eigenvalue weighted by Crippen LogP contribution is -2.38. The number of nitrogens with zero attached hydrogens (tertiary/aromatic N) is 2. The van der Waals surface area contributed by atoms with Gasteiger partial charge in [0.1, 0.15) is 22.9 Å². The summed E-state index contributed by atoms with van der Waals surface area (Å²) < 4.78 is 20.8. The van der Waals surface area contributed by atoms with Crippen molar-refractivity contribution in [1.29, 1.82) is 5.26 Å². The summed E-state index contributed by atoms with van der Waals surface area (Å²) in [6.45, 7) is 4.18. The monoisotopic (exact) mass is 541 g/mol. The lowest BCUT2D eigenvalue weighted by molar-refractivity contribution is 0.0637. The molecule has 1 aromatic heterocycles. The van der Waals surface area contributed by atoms with Crippen molar-refractivity contribution in [3.05, 3.63) is 110 Å². The average molecular weight is 542 g/mol. The van der Waals surface area contributed by atoms with Crippen LogP contribution in [0.25, 0.3) is 11.0 Å². The molecule has 0 fully saturated rings. The Kier molecular flexibility index (Phi) is 8.97. The number of carbonyl (C=O) groups excluding carboxylic acids is 1. The van der Waals surface area contributed by atoms with Gasteiger partial charge in [-0.15, -0.1) is 0 Å². The maximum atomic E-state index is 14.5. The molecule has 4 aromatic rings. The van der Waals surface area contributed by atoms with Crippen molar-refractivity contribution in [2.24, 2.45) is 5.73 Å². The summed E-state index contributed by atoms with van der Waals surface area (Å²) in [6.07, 6.45) is 1.77. The zero-order valence-corrected chi connectivity index (χ0v) is 22.6. The summed E-state index contributed by atoms with van der Waals surface area (Å²) in [4.78, 5) is 29.4. The molecule has 206 valence electrons. The molecule has 1 unspecified atom stereocenters. The zero-order valence-electron chi connectivity index (χ0n) is 22.6. The van der Waals surface area contributed by atoms with Crippen molar-refractivity contribution in [1.82, 2.24) is 4.90 Å². The van der Waals surface area contributed by atoms with Gasteiger partial charge in [0, 0.05) is 30.2 Å². The highest BCUT2D eigenvalue weighted by atomic mass is 19.1. The molecule has 0 bridgehead atoms. The fraction of sp³-hybridized carbons (Fsp3) is 0.281. The minimum atomic E-state index is -0.665. The van der Waals surface area contributed by atoms with Gasteiger partial charge in [-0.3, -0.25) is 9.59 Å². The smallest absolute Gasteiger partial charge is 0.254 e. The number of fused-ring (bicyclic) bond motifs is 1. The van der Waals surface area contributed by atoms with Crippen LogP contribution < -0.4 is 11.2 Å². The first-order chi connectivity index (χ1) is 19.3. The van der Waals surface area contributed by atoms with E-state index >= 15 is 0 Å². The topological polar surface area (TPSA) is 121 Å². The SMILES string of the molecule is CCCC(c1oc2cc(O)ccc2c(=O)c1Cc1cccc(C#N)c1)N(CCCN)C(=O)c1ccc(C)c(F)c1. The molecule has 4 rings (SSSR count). The van der Waals surface area contributed by atoms with E-state index in [-0.39, 0.29) is 35.3 Å². The van der Waals surface area contributed by atoms with Crippen molar-refractivity contribution in [2.45, 2.75) is 45.6 Å². The van der Waals surface area contributed by atoms with Gasteiger partial charge in [0.05, 0.1) is 23.1 Å². The Hall–Kier alpha value is -4.48. The summed E-state index contributed by atoms with van der Waals surface area (Å²) in [6, 6.07) is 17.1. The second-order valence-corrected chi connectivity index (χ2v) is 9.85. The fourth-order valence-corrected chi connectivity index (χ4v) is 4.88. The van der Waals surface area contributed by atoms with Gasteiger partial charge in [-0.25, -0.2) is 4.39 Å². The van der Waals surface area contributed by atoms with Gasteiger partial charge in [0.25, 0.3) is 5.91 Å². The normalized spacial score (nSPS) is 11.8. The van der Waals surface area contributed by atoms with Crippen LogP contribution in [0.5, 0.6) is 5.75 Å². The highest BCUT2D eigenvalue weighted by Crippen LogP contribution is 2.33. The van der Waals surface area contributed by atoms with Gasteiger partial charge in [-0.05, 0) is 73.8 Å². The Morgan fingerprint density at radius 1 is 1.18 bits per heavy atom. The number of phenolic OH excluding ortho intramolecular Hbond substituents is 1. The standard InChI is InChI=1S/C32H32FN3O4/c1-3-6-28(36(14-5-13-34)32(39)23-10-9-20(2)27(33)17-23)31-26(16-21-7-4-8-22(15-21)19-35)30(38)25-12-11-24(37)18-29(25)40-31/h4,7-12,15,17-18,28,37H,3,5-6,13-14,16,34H2,1-2H3. The van der Waals surface area contributed by atoms with E-state index in [9.17, 15) is 24.3 Å². The number of hydrogen-bond acceptors (Lipinski definition) is 6. The van der Waals surface area contributed by atoms with E-state index in [0.717, 1.165) is 5.56 Å². The Morgan fingerprint density at radius 3 is 2.67 bits per heavy atom. The highest BCUT2D eigenvalue weighted by molar-refractivity contribution is 5.94. The molecule has 3 N–H and O–H groups in total. The molecule has 0 spiro atoms. The number of carbonyl (C=O) groups is 1. The lowest BCUT2D eigenvalue weighted by atomic mass is 9.94. The molecule has 0 saturated carbocycles. The Bertz CT molecular complexity index is 1640. The molecule has 0 aliphatic carbocycles. The first kappa shape index (κ1) is 28.5. The van der Waals surface area contributed by atoms with Crippen LogP contribution in [-0.4, -0.2) is 29.0 Å². The molecular formula is C32H32FN3O4. The molecule has 0 aliphatic heterocycles. The molecule has 40 heavy (non-hydrogen) atoms. The van der Waals surface area contributed by atoms with E-state index < -0.39 is 17.8 Å². The molecule has 1 amide bonds. The summed E-state index contributed by atoms with van der Waals surface area (Å²) in [5.41, 5.74) is 7.90. The second kappa shape index (κ2) is 12.6. The maximum absolute atomic E-state index is 14.5. The minimum absolute atomic E-state index is 0.0608. The van der Waals surface area contributed by atoms with Crippen LogP contribution in [0.15, 0.2) is 69.9 Å². The second-order valence-electron chi connectivity index (χ2n) is 9.85. The molecule has 0 saturated heterocycles. The van der Waals surface area contributed by atoms with Gasteiger partial charge in [-0.2, -0.15) is 5.26 Å². The number of nitrogens with two attached hydrogens (primary N) is 1. The van der Waals surface area contributed by atoms with E-state index in [4.69, 9.17) is 10.2 Å². The molecule has 7 nitrogen and oxygen atoms in total. The van der Waals surface area contributed by atoms with E-state index in [2.05, 4.69) is 6.07 Å². The summed E-state index contributed by atoms with van der Waals surface area (Å²) in [5, 5.41) is 19.8. The fourth-order valence-electron chi connectivity index (χ4n) is 4.88. The van der Waals surface area contributed by atoms with Crippen molar-refractivity contribution in [2.75, 3.05) is 13.1 Å². The van der Waals surface area contributed by atoms with Crippen LogP contribution in [0.3, 0.4) is 0 Å². The molecule has 8 heteroatoms. The third kappa shape index (κ3) is 6.05. The van der Waals surface area contributed by atoms with Crippen molar-refractivity contribution in [3.8, 4) is 11.8 Å². The van der Waals surface area contributed by atoms with Gasteiger partial charge < -0.3 is 20.2 Å². The Labute approximate surface area is 232 Å². The summed E-state index contributed by atoms with van der Waals surface area (Å²) >= 11 is 0. The van der Waals surface area contributed by atoms with Crippen LogP contribution in [0, 0.1) is 24.1 Å². The molecule has 0 radical (unpaired) electrons. The van der Waals surface area contributed by atoms with Crippen molar-refractivity contribution in [3.63, 3.8) is 0 Å². The molecular weight excluding hydrogens is 509 g/mol. The predicted octanol–water partition coefficient (Wildman–Crippen LogP) is 5.74. The van der Waals surface area contributed by atoms with E-state index in [1.165, 1.54) is 24.3 Å². The number of rotatable bonds is 10. The number of benzene rings is 3. The molecule has 0 aliphatic rings. The molecule has 1 heterocycles. The zero-order chi connectivity index (χ0) is 28.8. The Balaban J connectivity index is 1.93. The van der Waals surface area contributed by atoms with Crippen LogP contribution in [0.4, 0.5) is 4.39 Å². The number of hydrogen-bond donors (Lipinski definition) is 2. The number of aryl methyl sites for hydroxylation is 1. The number of phenols is 1. The van der Waals surface area contributed by atoms with Gasteiger partial charge in [0.15, 0.2) is 5.43 Å². The number of aromatic hydroxyl groups is 1. The summed E-state index contributed by atoms with van der Waals surface area (Å²) in [7, 11) is 0. The predicted molar refractivity (Wildman–Crippen MR) is 152 cm³/mol. The van der Waals surface area contributed by atoms with Crippen molar-refractivity contribution < 1.29 is 18.7 Å². The lowest BCUT2D eigenvalue weighted by Gasteiger charge is -2.32. The average Bonchev–Trinajstić information content (AvgIpc) is 2.95. The third-order valence-corrected chi connectivity index (χ3v) is 6.96. The number of amides is 1. The van der Waals surface area contributed by atoms with Crippen LogP contribution >= 0.6 is 0 Å². The van der Waals surface area contributed by atoms with Gasteiger partial charge in [-0.1, -0.05) is 31.5 Å². The van der Waals surface area contributed by atoms with E-state index in [0.29, 0.717) is 53.6 Å². The molecule has 1 atom stereocenters. The highest BCUT2D eigenvalue weighted by Gasteiger charge is 2.31.